The lowest BCUT2D eigenvalue weighted by atomic mass is 10.2. The average Bonchev–Trinajstić information content (AvgIpc) is 2.96. The molecule has 0 bridgehead atoms. The normalized spacial score (nSPS) is 10.3. The molecule has 96 valence electrons. The molecule has 0 saturated carbocycles. The van der Waals surface area contributed by atoms with Gasteiger partial charge in [-0.25, -0.2) is 0 Å². The number of benzene rings is 1. The van der Waals surface area contributed by atoms with Crippen LogP contribution in [0.2, 0.25) is 0 Å². The van der Waals surface area contributed by atoms with Crippen LogP contribution in [-0.4, -0.2) is 19.4 Å². The highest BCUT2D eigenvalue weighted by Gasteiger charge is 1.94. The van der Waals surface area contributed by atoms with E-state index in [-0.39, 0.29) is 0 Å². The highest BCUT2D eigenvalue weighted by molar-refractivity contribution is 7.11. The van der Waals surface area contributed by atoms with Gasteiger partial charge >= 0.3 is 0 Å². The van der Waals surface area contributed by atoms with E-state index >= 15 is 0 Å². The number of nitriles is 1. The van der Waals surface area contributed by atoms with Gasteiger partial charge in [-0.2, -0.15) is 5.26 Å². The minimum Gasteiger partial charge on any atom is -0.490 e. The van der Waals surface area contributed by atoms with E-state index in [1.165, 1.54) is 0 Å². The van der Waals surface area contributed by atoms with Crippen molar-refractivity contribution >= 4 is 17.6 Å². The fourth-order valence-electron chi connectivity index (χ4n) is 1.33. The fourth-order valence-corrected chi connectivity index (χ4v) is 1.90. The Morgan fingerprint density at radius 1 is 1.21 bits per heavy atom. The third-order valence-corrected chi connectivity index (χ3v) is 3.03. The predicted octanol–water partition coefficient (Wildman–Crippen LogP) is 3.05. The summed E-state index contributed by atoms with van der Waals surface area (Å²) < 4.78 is 5.44. The number of oxime groups is 1. The van der Waals surface area contributed by atoms with Gasteiger partial charge in [0.15, 0.2) is 6.61 Å². The second-order valence-electron chi connectivity index (χ2n) is 3.57. The van der Waals surface area contributed by atoms with Crippen molar-refractivity contribution in [1.82, 2.24) is 0 Å². The predicted molar refractivity (Wildman–Crippen MR) is 74.5 cm³/mol. The number of ether oxygens (including phenoxy) is 1. The lowest BCUT2D eigenvalue weighted by Crippen LogP contribution is -2.04. The van der Waals surface area contributed by atoms with E-state index in [2.05, 4.69) is 11.2 Å². The van der Waals surface area contributed by atoms with Crippen molar-refractivity contribution in [2.75, 3.05) is 13.2 Å². The van der Waals surface area contributed by atoms with Crippen LogP contribution in [0.25, 0.3) is 0 Å². The van der Waals surface area contributed by atoms with Gasteiger partial charge in [-0.3, -0.25) is 0 Å². The van der Waals surface area contributed by atoms with E-state index in [1.807, 2.05) is 17.5 Å². The molecule has 0 spiro atoms. The van der Waals surface area contributed by atoms with Crippen LogP contribution in [0, 0.1) is 11.3 Å². The van der Waals surface area contributed by atoms with Crippen molar-refractivity contribution in [3.8, 4) is 11.8 Å². The van der Waals surface area contributed by atoms with Crippen LogP contribution in [0.3, 0.4) is 0 Å². The van der Waals surface area contributed by atoms with E-state index < -0.39 is 0 Å². The maximum atomic E-state index is 8.65. The molecule has 0 fully saturated rings. The molecule has 5 heteroatoms. The van der Waals surface area contributed by atoms with Gasteiger partial charge in [0.2, 0.25) is 0 Å². The number of hydrogen-bond donors (Lipinski definition) is 0. The first-order valence-corrected chi connectivity index (χ1v) is 6.58. The van der Waals surface area contributed by atoms with Gasteiger partial charge in [0, 0.05) is 4.88 Å². The number of hydrogen-bond acceptors (Lipinski definition) is 5. The maximum absolute atomic E-state index is 8.65. The minimum atomic E-state index is 0.377. The summed E-state index contributed by atoms with van der Waals surface area (Å²) in [4.78, 5) is 6.12. The van der Waals surface area contributed by atoms with Crippen molar-refractivity contribution in [2.24, 2.45) is 5.16 Å². The van der Waals surface area contributed by atoms with Crippen LogP contribution >= 0.6 is 11.3 Å². The third kappa shape index (κ3) is 4.45. The smallest absolute Gasteiger partial charge is 0.151 e. The summed E-state index contributed by atoms with van der Waals surface area (Å²) in [5, 5.41) is 14.5. The van der Waals surface area contributed by atoms with Crippen molar-refractivity contribution in [3.05, 3.63) is 52.2 Å². The molecule has 0 saturated heterocycles. The Kier molecular flexibility index (Phi) is 4.96. The Morgan fingerprint density at radius 3 is 2.74 bits per heavy atom. The van der Waals surface area contributed by atoms with Crippen LogP contribution < -0.4 is 4.74 Å². The summed E-state index contributed by atoms with van der Waals surface area (Å²) in [6, 6.07) is 12.9. The first-order chi connectivity index (χ1) is 9.38. The molecule has 19 heavy (non-hydrogen) atoms. The Labute approximate surface area is 115 Å². The molecule has 0 amide bonds. The summed E-state index contributed by atoms with van der Waals surface area (Å²) in [5.74, 6) is 0.713. The van der Waals surface area contributed by atoms with Crippen LogP contribution in [-0.2, 0) is 4.84 Å². The SMILES string of the molecule is N#Cc1ccc(OCCON=Cc2cccs2)cc1. The topological polar surface area (TPSA) is 54.6 Å². The van der Waals surface area contributed by atoms with Crippen LogP contribution in [0.4, 0.5) is 0 Å². The Hall–Kier alpha value is -2.32. The molecule has 2 rings (SSSR count). The van der Waals surface area contributed by atoms with Gasteiger partial charge in [0.25, 0.3) is 0 Å². The summed E-state index contributed by atoms with van der Waals surface area (Å²) in [7, 11) is 0. The number of thiophene rings is 1. The molecule has 0 N–H and O–H groups in total. The van der Waals surface area contributed by atoms with Crippen molar-refractivity contribution in [1.29, 1.82) is 5.26 Å². The summed E-state index contributed by atoms with van der Waals surface area (Å²) in [6.07, 6.45) is 1.67. The minimum absolute atomic E-state index is 0.377. The van der Waals surface area contributed by atoms with Crippen molar-refractivity contribution < 1.29 is 9.57 Å². The average molecular weight is 272 g/mol. The van der Waals surface area contributed by atoms with Crippen LogP contribution in [0.5, 0.6) is 5.75 Å². The molecule has 1 aromatic heterocycles. The molecule has 2 aromatic rings. The molecule has 1 heterocycles. The first kappa shape index (κ1) is 13.1. The lowest BCUT2D eigenvalue weighted by Gasteiger charge is -2.04. The van der Waals surface area contributed by atoms with Crippen LogP contribution in [0.1, 0.15) is 10.4 Å². The molecular formula is C14H12N2O2S. The van der Waals surface area contributed by atoms with Crippen molar-refractivity contribution in [2.45, 2.75) is 0 Å². The van der Waals surface area contributed by atoms with Gasteiger partial charge in [-0.15, -0.1) is 11.3 Å². The van der Waals surface area contributed by atoms with E-state index in [1.54, 1.807) is 41.8 Å². The fraction of sp³-hybridized carbons (Fsp3) is 0.143. The number of rotatable bonds is 6. The zero-order valence-electron chi connectivity index (χ0n) is 10.2. The molecule has 0 atom stereocenters. The summed E-state index contributed by atoms with van der Waals surface area (Å²) in [6.45, 7) is 0.787. The maximum Gasteiger partial charge on any atom is 0.151 e. The molecule has 0 unspecified atom stereocenters. The summed E-state index contributed by atoms with van der Waals surface area (Å²) >= 11 is 1.60. The second kappa shape index (κ2) is 7.19. The van der Waals surface area contributed by atoms with E-state index in [0.717, 1.165) is 4.88 Å². The molecule has 0 radical (unpaired) electrons. The Bertz CT molecular complexity index is 556. The highest BCUT2D eigenvalue weighted by Crippen LogP contribution is 2.11. The number of nitrogens with zero attached hydrogens (tertiary/aromatic N) is 2. The Balaban J connectivity index is 1.65. The van der Waals surface area contributed by atoms with E-state index in [4.69, 9.17) is 14.8 Å². The monoisotopic (exact) mass is 272 g/mol. The molecule has 0 aliphatic carbocycles. The molecule has 0 aliphatic rings. The largest absolute Gasteiger partial charge is 0.490 e. The lowest BCUT2D eigenvalue weighted by molar-refractivity contribution is 0.108. The van der Waals surface area contributed by atoms with E-state index in [9.17, 15) is 0 Å². The van der Waals surface area contributed by atoms with Gasteiger partial charge < -0.3 is 9.57 Å². The van der Waals surface area contributed by atoms with E-state index in [0.29, 0.717) is 24.5 Å². The first-order valence-electron chi connectivity index (χ1n) is 5.70. The zero-order valence-corrected chi connectivity index (χ0v) is 11.0. The van der Waals surface area contributed by atoms with Gasteiger partial charge in [-0.05, 0) is 35.7 Å². The molecule has 0 aliphatic heterocycles. The van der Waals surface area contributed by atoms with Gasteiger partial charge in [0.1, 0.15) is 12.4 Å². The van der Waals surface area contributed by atoms with Crippen LogP contribution in [0.15, 0.2) is 46.9 Å². The zero-order chi connectivity index (χ0) is 13.3. The molecule has 1 aromatic carbocycles. The highest BCUT2D eigenvalue weighted by atomic mass is 32.1. The quantitative estimate of drug-likeness (QED) is 0.461. The van der Waals surface area contributed by atoms with Crippen molar-refractivity contribution in [3.63, 3.8) is 0 Å². The third-order valence-electron chi connectivity index (χ3n) is 2.22. The Morgan fingerprint density at radius 2 is 2.05 bits per heavy atom. The standard InChI is InChI=1S/C14H12N2O2S/c15-10-12-3-5-13(6-4-12)17-7-8-18-16-11-14-2-1-9-19-14/h1-6,9,11H,7-8H2. The van der Waals surface area contributed by atoms with Gasteiger partial charge in [-0.1, -0.05) is 11.2 Å². The molecule has 4 nitrogen and oxygen atoms in total. The van der Waals surface area contributed by atoms with Gasteiger partial charge in [0.05, 0.1) is 17.8 Å². The summed E-state index contributed by atoms with van der Waals surface area (Å²) in [5.41, 5.74) is 0.615. The molecular weight excluding hydrogens is 260 g/mol. The second-order valence-corrected chi connectivity index (χ2v) is 4.55.